The first kappa shape index (κ1) is 14.9. The van der Waals surface area contributed by atoms with Crippen molar-refractivity contribution in [2.45, 2.75) is 47.1 Å². The fraction of sp³-hybridized carbons (Fsp3) is 0.444. The smallest absolute Gasteiger partial charge is 0.128 e. The fourth-order valence-corrected chi connectivity index (χ4v) is 2.61. The Morgan fingerprint density at radius 2 is 1.70 bits per heavy atom. The molecule has 0 aliphatic carbocycles. The third-order valence-electron chi connectivity index (χ3n) is 3.96. The van der Waals surface area contributed by atoms with Crippen molar-refractivity contribution >= 4 is 0 Å². The van der Waals surface area contributed by atoms with E-state index in [1.165, 1.54) is 27.8 Å². The summed E-state index contributed by atoms with van der Waals surface area (Å²) in [7, 11) is 0. The largest absolute Gasteiger partial charge is 0.467 e. The van der Waals surface area contributed by atoms with Gasteiger partial charge in [0.1, 0.15) is 5.76 Å². The van der Waals surface area contributed by atoms with E-state index in [2.05, 4.69) is 52.1 Å². The molecule has 2 rings (SSSR count). The van der Waals surface area contributed by atoms with Gasteiger partial charge in [0.15, 0.2) is 0 Å². The summed E-state index contributed by atoms with van der Waals surface area (Å²) in [6, 6.07) is 6.74. The molecule has 20 heavy (non-hydrogen) atoms. The molecule has 0 bridgehead atoms. The summed E-state index contributed by atoms with van der Waals surface area (Å²) in [6.45, 7) is 11.8. The van der Waals surface area contributed by atoms with Crippen molar-refractivity contribution in [2.24, 2.45) is 0 Å². The first-order chi connectivity index (χ1) is 9.54. The lowest BCUT2D eigenvalue weighted by atomic mass is 9.93. The van der Waals surface area contributed by atoms with Crippen LogP contribution in [0.5, 0.6) is 0 Å². The highest BCUT2D eigenvalue weighted by molar-refractivity contribution is 5.42. The van der Waals surface area contributed by atoms with E-state index in [9.17, 15) is 0 Å². The van der Waals surface area contributed by atoms with Gasteiger partial charge in [0, 0.05) is 0 Å². The number of hydrogen-bond acceptors (Lipinski definition) is 2. The summed E-state index contributed by atoms with van der Waals surface area (Å²) in [5, 5.41) is 3.62. The SMILES string of the molecule is CCCNC(c1cc(C)c(C)cc1C)c1occc1C. The molecule has 1 atom stereocenters. The summed E-state index contributed by atoms with van der Waals surface area (Å²) >= 11 is 0. The van der Waals surface area contributed by atoms with E-state index in [-0.39, 0.29) is 6.04 Å². The van der Waals surface area contributed by atoms with Gasteiger partial charge in [0.25, 0.3) is 0 Å². The second-order valence-corrected chi connectivity index (χ2v) is 5.65. The van der Waals surface area contributed by atoms with Crippen molar-refractivity contribution in [3.8, 4) is 0 Å². The summed E-state index contributed by atoms with van der Waals surface area (Å²) in [5.41, 5.74) is 6.52. The topological polar surface area (TPSA) is 25.2 Å². The monoisotopic (exact) mass is 271 g/mol. The van der Waals surface area contributed by atoms with Crippen molar-refractivity contribution in [3.05, 3.63) is 58.0 Å². The van der Waals surface area contributed by atoms with Crippen LogP contribution >= 0.6 is 0 Å². The zero-order chi connectivity index (χ0) is 14.7. The van der Waals surface area contributed by atoms with Gasteiger partial charge < -0.3 is 9.73 Å². The number of aryl methyl sites for hydroxylation is 4. The van der Waals surface area contributed by atoms with Gasteiger partial charge in [-0.3, -0.25) is 0 Å². The molecule has 0 amide bonds. The molecule has 108 valence electrons. The minimum Gasteiger partial charge on any atom is -0.467 e. The van der Waals surface area contributed by atoms with Crippen LogP contribution in [0.25, 0.3) is 0 Å². The predicted molar refractivity (Wildman–Crippen MR) is 84.2 cm³/mol. The van der Waals surface area contributed by atoms with Gasteiger partial charge in [-0.15, -0.1) is 0 Å². The minimum atomic E-state index is 0.143. The van der Waals surface area contributed by atoms with Crippen LogP contribution in [-0.4, -0.2) is 6.54 Å². The molecule has 0 saturated carbocycles. The maximum atomic E-state index is 5.74. The second-order valence-electron chi connectivity index (χ2n) is 5.65. The fourth-order valence-electron chi connectivity index (χ4n) is 2.61. The van der Waals surface area contributed by atoms with E-state index in [4.69, 9.17) is 4.42 Å². The Kier molecular flexibility index (Phi) is 4.66. The highest BCUT2D eigenvalue weighted by Crippen LogP contribution is 2.29. The second kappa shape index (κ2) is 6.27. The molecule has 1 unspecified atom stereocenters. The molecule has 0 aliphatic rings. The first-order valence-corrected chi connectivity index (χ1v) is 7.39. The van der Waals surface area contributed by atoms with Gasteiger partial charge in [-0.1, -0.05) is 19.1 Å². The maximum Gasteiger partial charge on any atom is 0.128 e. The maximum absolute atomic E-state index is 5.74. The highest BCUT2D eigenvalue weighted by atomic mass is 16.3. The normalized spacial score (nSPS) is 12.7. The lowest BCUT2D eigenvalue weighted by Gasteiger charge is -2.21. The molecule has 2 nitrogen and oxygen atoms in total. The molecule has 0 fully saturated rings. The van der Waals surface area contributed by atoms with Crippen LogP contribution in [0.3, 0.4) is 0 Å². The number of rotatable bonds is 5. The molecule has 2 aromatic rings. The molecule has 0 spiro atoms. The van der Waals surface area contributed by atoms with Crippen molar-refractivity contribution in [2.75, 3.05) is 6.54 Å². The summed E-state index contributed by atoms with van der Waals surface area (Å²) in [4.78, 5) is 0. The molecule has 2 heteroatoms. The molecule has 0 aliphatic heterocycles. The Balaban J connectivity index is 2.46. The third kappa shape index (κ3) is 2.96. The van der Waals surface area contributed by atoms with E-state index in [1.54, 1.807) is 6.26 Å². The molecular formula is C18H25NO. The van der Waals surface area contributed by atoms with Crippen molar-refractivity contribution in [1.82, 2.24) is 5.32 Å². The van der Waals surface area contributed by atoms with Gasteiger partial charge in [-0.25, -0.2) is 0 Å². The molecule has 1 heterocycles. The number of nitrogens with one attached hydrogen (secondary N) is 1. The summed E-state index contributed by atoms with van der Waals surface area (Å²) < 4.78 is 5.74. The van der Waals surface area contributed by atoms with Crippen LogP contribution in [0, 0.1) is 27.7 Å². The summed E-state index contributed by atoms with van der Waals surface area (Å²) in [6.07, 6.45) is 2.89. The van der Waals surface area contributed by atoms with E-state index in [1.807, 2.05) is 6.07 Å². The average Bonchev–Trinajstić information content (AvgIpc) is 2.82. The van der Waals surface area contributed by atoms with E-state index in [0.717, 1.165) is 18.7 Å². The quantitative estimate of drug-likeness (QED) is 0.859. The lowest BCUT2D eigenvalue weighted by Crippen LogP contribution is -2.24. The van der Waals surface area contributed by atoms with Crippen molar-refractivity contribution in [1.29, 1.82) is 0 Å². The van der Waals surface area contributed by atoms with Gasteiger partial charge in [0.2, 0.25) is 0 Å². The number of hydrogen-bond donors (Lipinski definition) is 1. The van der Waals surface area contributed by atoms with Gasteiger partial charge >= 0.3 is 0 Å². The van der Waals surface area contributed by atoms with Crippen LogP contribution in [0.1, 0.15) is 53.0 Å². The highest BCUT2D eigenvalue weighted by Gasteiger charge is 2.20. The minimum absolute atomic E-state index is 0.143. The molecule has 1 aromatic heterocycles. The van der Waals surface area contributed by atoms with Crippen LogP contribution in [0.4, 0.5) is 0 Å². The van der Waals surface area contributed by atoms with Crippen molar-refractivity contribution in [3.63, 3.8) is 0 Å². The lowest BCUT2D eigenvalue weighted by molar-refractivity contribution is 0.443. The Hall–Kier alpha value is -1.54. The number of benzene rings is 1. The Labute approximate surface area is 122 Å². The Morgan fingerprint density at radius 3 is 2.30 bits per heavy atom. The first-order valence-electron chi connectivity index (χ1n) is 7.39. The van der Waals surface area contributed by atoms with E-state index >= 15 is 0 Å². The van der Waals surface area contributed by atoms with Crippen LogP contribution in [0.15, 0.2) is 28.9 Å². The number of furan rings is 1. The molecule has 1 N–H and O–H groups in total. The van der Waals surface area contributed by atoms with Gasteiger partial charge in [-0.2, -0.15) is 0 Å². The molecule has 0 saturated heterocycles. The van der Waals surface area contributed by atoms with Gasteiger partial charge in [0.05, 0.1) is 12.3 Å². The zero-order valence-electron chi connectivity index (χ0n) is 13.2. The zero-order valence-corrected chi connectivity index (χ0v) is 13.2. The van der Waals surface area contributed by atoms with Gasteiger partial charge in [-0.05, 0) is 74.5 Å². The van der Waals surface area contributed by atoms with E-state index < -0.39 is 0 Å². The Bertz CT molecular complexity index is 583. The van der Waals surface area contributed by atoms with Crippen LogP contribution < -0.4 is 5.32 Å². The third-order valence-corrected chi connectivity index (χ3v) is 3.96. The van der Waals surface area contributed by atoms with Crippen molar-refractivity contribution < 1.29 is 4.42 Å². The van der Waals surface area contributed by atoms with E-state index in [0.29, 0.717) is 0 Å². The summed E-state index contributed by atoms with van der Waals surface area (Å²) in [5.74, 6) is 1.03. The average molecular weight is 271 g/mol. The molecule has 1 aromatic carbocycles. The predicted octanol–water partition coefficient (Wildman–Crippen LogP) is 4.60. The molecule has 0 radical (unpaired) electrons. The Morgan fingerprint density at radius 1 is 1.00 bits per heavy atom. The van der Waals surface area contributed by atoms with Crippen LogP contribution in [0.2, 0.25) is 0 Å². The standard InChI is InChI=1S/C18H25NO/c1-6-8-19-17(18-12(2)7-9-20-18)16-11-14(4)13(3)10-15(16)5/h7,9-11,17,19H,6,8H2,1-5H3. The molecular weight excluding hydrogens is 246 g/mol. The van der Waals surface area contributed by atoms with Crippen LogP contribution in [-0.2, 0) is 0 Å².